The quantitative estimate of drug-likeness (QED) is 0.812. The molecule has 0 aliphatic carbocycles. The summed E-state index contributed by atoms with van der Waals surface area (Å²) in [6, 6.07) is 15.7. The van der Waals surface area contributed by atoms with E-state index in [9.17, 15) is 4.79 Å². The maximum Gasteiger partial charge on any atom is 0.254 e. The first-order chi connectivity index (χ1) is 9.61. The summed E-state index contributed by atoms with van der Waals surface area (Å²) >= 11 is 3.39. The highest BCUT2D eigenvalue weighted by Gasteiger charge is 2.15. The van der Waals surface area contributed by atoms with E-state index in [4.69, 9.17) is 0 Å². The Hall–Kier alpha value is -1.61. The number of carbonyl (C=O) groups excluding carboxylic acids is 1. The fraction of sp³-hybridized carbons (Fsp3) is 0.235. The van der Waals surface area contributed by atoms with Gasteiger partial charge in [-0.1, -0.05) is 40.2 Å². The van der Waals surface area contributed by atoms with E-state index in [0.29, 0.717) is 13.1 Å². The normalized spacial score (nSPS) is 10.3. The molecule has 0 atom stereocenters. The molecule has 0 heterocycles. The van der Waals surface area contributed by atoms with E-state index in [-0.39, 0.29) is 5.91 Å². The van der Waals surface area contributed by atoms with Crippen LogP contribution in [0, 0.1) is 6.92 Å². The highest BCUT2D eigenvalue weighted by Crippen LogP contribution is 2.15. The zero-order valence-electron chi connectivity index (χ0n) is 11.8. The zero-order chi connectivity index (χ0) is 14.5. The Balaban J connectivity index is 2.18. The Morgan fingerprint density at radius 3 is 2.35 bits per heavy atom. The maximum atomic E-state index is 12.5. The van der Waals surface area contributed by atoms with Crippen molar-refractivity contribution >= 4 is 21.8 Å². The Morgan fingerprint density at radius 1 is 1.10 bits per heavy atom. The van der Waals surface area contributed by atoms with Gasteiger partial charge in [0.05, 0.1) is 0 Å². The summed E-state index contributed by atoms with van der Waals surface area (Å²) in [6.07, 6.45) is 0. The van der Waals surface area contributed by atoms with E-state index in [0.717, 1.165) is 10.0 Å². The molecule has 0 saturated carbocycles. The second-order valence-corrected chi connectivity index (χ2v) is 5.67. The van der Waals surface area contributed by atoms with E-state index >= 15 is 0 Å². The van der Waals surface area contributed by atoms with Crippen molar-refractivity contribution in [3.05, 3.63) is 69.7 Å². The Morgan fingerprint density at radius 2 is 1.75 bits per heavy atom. The van der Waals surface area contributed by atoms with Crippen molar-refractivity contribution in [3.8, 4) is 0 Å². The lowest BCUT2D eigenvalue weighted by atomic mass is 10.1. The van der Waals surface area contributed by atoms with Gasteiger partial charge in [0.1, 0.15) is 0 Å². The molecule has 2 aromatic rings. The predicted octanol–water partition coefficient (Wildman–Crippen LogP) is 4.42. The van der Waals surface area contributed by atoms with Crippen molar-refractivity contribution in [3.63, 3.8) is 0 Å². The maximum absolute atomic E-state index is 12.5. The summed E-state index contributed by atoms with van der Waals surface area (Å²) in [5, 5.41) is 0. The molecule has 20 heavy (non-hydrogen) atoms. The van der Waals surface area contributed by atoms with Gasteiger partial charge in [0.25, 0.3) is 5.91 Å². The first kappa shape index (κ1) is 14.8. The predicted molar refractivity (Wildman–Crippen MR) is 85.7 cm³/mol. The average molecular weight is 332 g/mol. The molecule has 0 spiro atoms. The summed E-state index contributed by atoms with van der Waals surface area (Å²) in [7, 11) is 0. The van der Waals surface area contributed by atoms with Gasteiger partial charge in [0.2, 0.25) is 0 Å². The van der Waals surface area contributed by atoms with Gasteiger partial charge in [0.15, 0.2) is 0 Å². The molecule has 2 nitrogen and oxygen atoms in total. The van der Waals surface area contributed by atoms with Crippen molar-refractivity contribution in [1.82, 2.24) is 4.90 Å². The standard InChI is InChI=1S/C17H18BrNO/c1-3-19(12-15-7-5-4-6-13(15)2)17(20)14-8-10-16(18)11-9-14/h4-11H,3,12H2,1-2H3. The monoisotopic (exact) mass is 331 g/mol. The van der Waals surface area contributed by atoms with E-state index in [2.05, 4.69) is 35.0 Å². The molecule has 1 amide bonds. The third kappa shape index (κ3) is 3.48. The van der Waals surface area contributed by atoms with Crippen LogP contribution >= 0.6 is 15.9 Å². The van der Waals surface area contributed by atoms with Crippen molar-refractivity contribution in [1.29, 1.82) is 0 Å². The van der Waals surface area contributed by atoms with Gasteiger partial charge in [-0.15, -0.1) is 0 Å². The summed E-state index contributed by atoms with van der Waals surface area (Å²) < 4.78 is 0.982. The molecule has 0 aliphatic heterocycles. The van der Waals surface area contributed by atoms with E-state index in [1.54, 1.807) is 0 Å². The number of halogens is 1. The molecule has 0 unspecified atom stereocenters. The largest absolute Gasteiger partial charge is 0.335 e. The number of rotatable bonds is 4. The fourth-order valence-corrected chi connectivity index (χ4v) is 2.36. The molecule has 0 aliphatic rings. The number of aryl methyl sites for hydroxylation is 1. The van der Waals surface area contributed by atoms with Crippen molar-refractivity contribution in [2.45, 2.75) is 20.4 Å². The molecule has 2 aromatic carbocycles. The van der Waals surface area contributed by atoms with Gasteiger partial charge in [-0.3, -0.25) is 4.79 Å². The lowest BCUT2D eigenvalue weighted by Crippen LogP contribution is -2.30. The summed E-state index contributed by atoms with van der Waals surface area (Å²) in [5.41, 5.74) is 3.14. The summed E-state index contributed by atoms with van der Waals surface area (Å²) in [6.45, 7) is 5.43. The van der Waals surface area contributed by atoms with Crippen LogP contribution in [0.25, 0.3) is 0 Å². The first-order valence-electron chi connectivity index (χ1n) is 6.71. The molecule has 0 aromatic heterocycles. The Labute approximate surface area is 128 Å². The van der Waals surface area contributed by atoms with E-state index in [1.807, 2.05) is 48.2 Å². The molecule has 2 rings (SSSR count). The van der Waals surface area contributed by atoms with Gasteiger partial charge in [-0.25, -0.2) is 0 Å². The second-order valence-electron chi connectivity index (χ2n) is 4.75. The fourth-order valence-electron chi connectivity index (χ4n) is 2.10. The van der Waals surface area contributed by atoms with Gasteiger partial charge in [-0.2, -0.15) is 0 Å². The Bertz CT molecular complexity index is 592. The van der Waals surface area contributed by atoms with Crippen LogP contribution < -0.4 is 0 Å². The van der Waals surface area contributed by atoms with Crippen LogP contribution in [0.15, 0.2) is 53.0 Å². The average Bonchev–Trinajstić information content (AvgIpc) is 2.46. The summed E-state index contributed by atoms with van der Waals surface area (Å²) in [5.74, 6) is 0.0725. The topological polar surface area (TPSA) is 20.3 Å². The van der Waals surface area contributed by atoms with Gasteiger partial charge < -0.3 is 4.90 Å². The van der Waals surface area contributed by atoms with Crippen LogP contribution in [0.5, 0.6) is 0 Å². The highest BCUT2D eigenvalue weighted by atomic mass is 79.9. The molecule has 104 valence electrons. The minimum atomic E-state index is 0.0725. The number of hydrogen-bond donors (Lipinski definition) is 0. The minimum Gasteiger partial charge on any atom is -0.335 e. The van der Waals surface area contributed by atoms with Crippen LogP contribution in [0.3, 0.4) is 0 Å². The number of benzene rings is 2. The lowest BCUT2D eigenvalue weighted by Gasteiger charge is -2.22. The van der Waals surface area contributed by atoms with E-state index in [1.165, 1.54) is 11.1 Å². The van der Waals surface area contributed by atoms with Gasteiger partial charge >= 0.3 is 0 Å². The molecule has 0 bridgehead atoms. The molecular weight excluding hydrogens is 314 g/mol. The minimum absolute atomic E-state index is 0.0725. The number of hydrogen-bond acceptors (Lipinski definition) is 1. The number of nitrogens with zero attached hydrogens (tertiary/aromatic N) is 1. The van der Waals surface area contributed by atoms with Gasteiger partial charge in [-0.05, 0) is 49.2 Å². The van der Waals surface area contributed by atoms with Crippen molar-refractivity contribution < 1.29 is 4.79 Å². The molecule has 0 saturated heterocycles. The van der Waals surface area contributed by atoms with Crippen LogP contribution in [0.2, 0.25) is 0 Å². The SMILES string of the molecule is CCN(Cc1ccccc1C)C(=O)c1ccc(Br)cc1. The van der Waals surface area contributed by atoms with Crippen LogP contribution in [-0.2, 0) is 6.54 Å². The van der Waals surface area contributed by atoms with Gasteiger partial charge in [0, 0.05) is 23.1 Å². The number of amides is 1. The molecule has 0 N–H and O–H groups in total. The smallest absolute Gasteiger partial charge is 0.254 e. The van der Waals surface area contributed by atoms with Crippen LogP contribution in [0.1, 0.15) is 28.4 Å². The molecule has 3 heteroatoms. The van der Waals surface area contributed by atoms with Crippen LogP contribution in [-0.4, -0.2) is 17.4 Å². The molecule has 0 fully saturated rings. The van der Waals surface area contributed by atoms with Crippen molar-refractivity contribution in [2.75, 3.05) is 6.54 Å². The molecular formula is C17H18BrNO. The third-order valence-electron chi connectivity index (χ3n) is 3.38. The number of carbonyl (C=O) groups is 1. The highest BCUT2D eigenvalue weighted by molar-refractivity contribution is 9.10. The zero-order valence-corrected chi connectivity index (χ0v) is 13.4. The summed E-state index contributed by atoms with van der Waals surface area (Å²) in [4.78, 5) is 14.4. The second kappa shape index (κ2) is 6.71. The van der Waals surface area contributed by atoms with Crippen LogP contribution in [0.4, 0.5) is 0 Å². The molecule has 0 radical (unpaired) electrons. The van der Waals surface area contributed by atoms with Crippen molar-refractivity contribution in [2.24, 2.45) is 0 Å². The Kier molecular flexibility index (Phi) is 4.96. The first-order valence-corrected chi connectivity index (χ1v) is 7.50. The van der Waals surface area contributed by atoms with E-state index < -0.39 is 0 Å². The lowest BCUT2D eigenvalue weighted by molar-refractivity contribution is 0.0752. The third-order valence-corrected chi connectivity index (χ3v) is 3.91.